The standard InChI is InChI=1S/C39H26N4O2/c44-33-21-8-5-18-30(33)37-36-31-19-6-9-22-34(31)45-39(36)42-38(41-37)27-15-12-16-28(25-27)43(35-23-10-11-24-40-35)32-20-7-4-17-29(32)26-13-2-1-3-14-26/h1-25,44H. The lowest BCUT2D eigenvalue weighted by Crippen LogP contribution is -2.12. The Hall–Kier alpha value is -6.27. The molecule has 8 rings (SSSR count). The number of furan rings is 1. The Kier molecular flexibility index (Phi) is 6.50. The van der Waals surface area contributed by atoms with E-state index in [1.807, 2.05) is 91.0 Å². The van der Waals surface area contributed by atoms with Crippen molar-refractivity contribution >= 4 is 39.3 Å². The highest BCUT2D eigenvalue weighted by Gasteiger charge is 2.22. The SMILES string of the molecule is Oc1ccccc1-c1nc(-c2cccc(N(c3ccccn3)c3ccccc3-c3ccccc3)c2)nc2oc3ccccc3c12. The molecule has 3 aromatic heterocycles. The van der Waals surface area contributed by atoms with Crippen molar-refractivity contribution in [3.05, 3.63) is 152 Å². The van der Waals surface area contributed by atoms with Gasteiger partial charge < -0.3 is 9.52 Å². The van der Waals surface area contributed by atoms with Crippen LogP contribution in [0.3, 0.4) is 0 Å². The number of aromatic nitrogens is 3. The molecule has 214 valence electrons. The number of hydrogen-bond acceptors (Lipinski definition) is 6. The van der Waals surface area contributed by atoms with Gasteiger partial charge >= 0.3 is 0 Å². The molecular weight excluding hydrogens is 556 g/mol. The Morgan fingerprint density at radius 3 is 2.18 bits per heavy atom. The van der Waals surface area contributed by atoms with E-state index in [1.54, 1.807) is 18.3 Å². The summed E-state index contributed by atoms with van der Waals surface area (Å²) in [7, 11) is 0. The van der Waals surface area contributed by atoms with Gasteiger partial charge in [-0.25, -0.2) is 9.97 Å². The molecule has 0 bridgehead atoms. The van der Waals surface area contributed by atoms with Gasteiger partial charge in [-0.1, -0.05) is 97.1 Å². The zero-order valence-electron chi connectivity index (χ0n) is 24.1. The van der Waals surface area contributed by atoms with Gasteiger partial charge in [0.05, 0.1) is 16.8 Å². The highest BCUT2D eigenvalue weighted by Crippen LogP contribution is 2.42. The smallest absolute Gasteiger partial charge is 0.231 e. The number of pyridine rings is 1. The fourth-order valence-corrected chi connectivity index (χ4v) is 5.82. The molecule has 0 amide bonds. The predicted molar refractivity (Wildman–Crippen MR) is 180 cm³/mol. The number of aromatic hydroxyl groups is 1. The molecule has 0 saturated carbocycles. The van der Waals surface area contributed by atoms with E-state index in [-0.39, 0.29) is 5.75 Å². The van der Waals surface area contributed by atoms with Crippen LogP contribution >= 0.6 is 0 Å². The second-order valence-electron chi connectivity index (χ2n) is 10.6. The van der Waals surface area contributed by atoms with E-state index in [9.17, 15) is 5.11 Å². The maximum absolute atomic E-state index is 10.9. The maximum Gasteiger partial charge on any atom is 0.231 e. The molecule has 0 aliphatic heterocycles. The van der Waals surface area contributed by atoms with E-state index in [0.29, 0.717) is 28.4 Å². The molecule has 3 heterocycles. The third-order valence-corrected chi connectivity index (χ3v) is 7.87. The third-order valence-electron chi connectivity index (χ3n) is 7.87. The number of anilines is 3. The molecule has 0 spiro atoms. The summed E-state index contributed by atoms with van der Waals surface area (Å²) >= 11 is 0. The summed E-state index contributed by atoms with van der Waals surface area (Å²) in [4.78, 5) is 16.9. The Labute approximate surface area is 259 Å². The average molecular weight is 583 g/mol. The molecule has 0 aliphatic rings. The Morgan fingerprint density at radius 2 is 1.33 bits per heavy atom. The molecule has 8 aromatic rings. The van der Waals surface area contributed by atoms with Gasteiger partial charge in [-0.2, -0.15) is 4.98 Å². The van der Waals surface area contributed by atoms with Crippen molar-refractivity contribution < 1.29 is 9.52 Å². The van der Waals surface area contributed by atoms with Crippen LogP contribution in [0.15, 0.2) is 156 Å². The van der Waals surface area contributed by atoms with Gasteiger partial charge in [0.1, 0.15) is 17.2 Å². The van der Waals surface area contributed by atoms with Crippen molar-refractivity contribution in [2.75, 3.05) is 4.90 Å². The second-order valence-corrected chi connectivity index (χ2v) is 10.6. The van der Waals surface area contributed by atoms with Crippen molar-refractivity contribution in [1.29, 1.82) is 0 Å². The number of hydrogen-bond donors (Lipinski definition) is 1. The third kappa shape index (κ3) is 4.75. The monoisotopic (exact) mass is 582 g/mol. The highest BCUT2D eigenvalue weighted by atomic mass is 16.3. The Bertz CT molecular complexity index is 2300. The molecule has 0 unspecified atom stereocenters. The van der Waals surface area contributed by atoms with Gasteiger partial charge in [0.15, 0.2) is 5.82 Å². The van der Waals surface area contributed by atoms with E-state index >= 15 is 0 Å². The van der Waals surface area contributed by atoms with E-state index in [1.165, 1.54) is 0 Å². The Balaban J connectivity index is 1.34. The number of para-hydroxylation sites is 3. The number of nitrogens with zero attached hydrogens (tertiary/aromatic N) is 4. The van der Waals surface area contributed by atoms with Crippen molar-refractivity contribution in [1.82, 2.24) is 15.0 Å². The van der Waals surface area contributed by atoms with Crippen molar-refractivity contribution in [2.24, 2.45) is 0 Å². The summed E-state index contributed by atoms with van der Waals surface area (Å²) < 4.78 is 6.24. The quantitative estimate of drug-likeness (QED) is 0.210. The van der Waals surface area contributed by atoms with Gasteiger partial charge in [0, 0.05) is 34.0 Å². The minimum atomic E-state index is 0.140. The molecule has 45 heavy (non-hydrogen) atoms. The van der Waals surface area contributed by atoms with Gasteiger partial charge in [-0.15, -0.1) is 0 Å². The first kappa shape index (κ1) is 26.4. The largest absolute Gasteiger partial charge is 0.507 e. The number of fused-ring (bicyclic) bond motifs is 3. The summed E-state index contributed by atoms with van der Waals surface area (Å²) in [5, 5.41) is 12.5. The maximum atomic E-state index is 10.9. The molecule has 0 aliphatic carbocycles. The lowest BCUT2D eigenvalue weighted by atomic mass is 10.0. The lowest BCUT2D eigenvalue weighted by Gasteiger charge is -2.27. The van der Waals surface area contributed by atoms with E-state index in [0.717, 1.165) is 44.7 Å². The van der Waals surface area contributed by atoms with Crippen LogP contribution in [0.5, 0.6) is 5.75 Å². The molecule has 0 saturated heterocycles. The zero-order chi connectivity index (χ0) is 30.2. The topological polar surface area (TPSA) is 75.3 Å². The summed E-state index contributed by atoms with van der Waals surface area (Å²) in [5.74, 6) is 1.40. The molecule has 0 atom stereocenters. The molecule has 5 aromatic carbocycles. The van der Waals surface area contributed by atoms with Crippen LogP contribution in [0.1, 0.15) is 0 Å². The van der Waals surface area contributed by atoms with Gasteiger partial charge in [-0.3, -0.25) is 4.90 Å². The van der Waals surface area contributed by atoms with Gasteiger partial charge in [-0.05, 0) is 54.1 Å². The van der Waals surface area contributed by atoms with E-state index in [4.69, 9.17) is 19.4 Å². The number of benzene rings is 5. The predicted octanol–water partition coefficient (Wildman–Crippen LogP) is 9.95. The summed E-state index contributed by atoms with van der Waals surface area (Å²) in [5.41, 5.74) is 7.26. The number of rotatable bonds is 6. The van der Waals surface area contributed by atoms with Crippen LogP contribution in [-0.4, -0.2) is 20.1 Å². The fourth-order valence-electron chi connectivity index (χ4n) is 5.82. The summed E-state index contributed by atoms with van der Waals surface area (Å²) in [6.45, 7) is 0. The fraction of sp³-hybridized carbons (Fsp3) is 0. The molecule has 6 heteroatoms. The number of phenolic OH excluding ortho intramolecular Hbond substituents is 1. The molecule has 0 fully saturated rings. The zero-order valence-corrected chi connectivity index (χ0v) is 24.1. The Morgan fingerprint density at radius 1 is 0.600 bits per heavy atom. The minimum Gasteiger partial charge on any atom is -0.507 e. The minimum absolute atomic E-state index is 0.140. The van der Waals surface area contributed by atoms with Crippen LogP contribution in [0.25, 0.3) is 55.8 Å². The van der Waals surface area contributed by atoms with Crippen LogP contribution in [0, 0.1) is 0 Å². The molecular formula is C39H26N4O2. The average Bonchev–Trinajstić information content (AvgIpc) is 3.48. The van der Waals surface area contributed by atoms with Crippen molar-refractivity contribution in [2.45, 2.75) is 0 Å². The summed E-state index contributed by atoms with van der Waals surface area (Å²) in [6.07, 6.45) is 1.80. The lowest BCUT2D eigenvalue weighted by molar-refractivity contribution is 0.477. The van der Waals surface area contributed by atoms with E-state index in [2.05, 4.69) is 47.4 Å². The van der Waals surface area contributed by atoms with Crippen molar-refractivity contribution in [3.63, 3.8) is 0 Å². The molecule has 6 nitrogen and oxygen atoms in total. The van der Waals surface area contributed by atoms with Crippen molar-refractivity contribution in [3.8, 4) is 39.5 Å². The summed E-state index contributed by atoms with van der Waals surface area (Å²) in [6, 6.07) is 47.7. The molecule has 1 N–H and O–H groups in total. The highest BCUT2D eigenvalue weighted by molar-refractivity contribution is 6.11. The van der Waals surface area contributed by atoms with Crippen LogP contribution in [-0.2, 0) is 0 Å². The van der Waals surface area contributed by atoms with Crippen LogP contribution in [0.2, 0.25) is 0 Å². The van der Waals surface area contributed by atoms with Gasteiger partial charge in [0.25, 0.3) is 0 Å². The number of phenols is 1. The first-order valence-corrected chi connectivity index (χ1v) is 14.7. The second kappa shape index (κ2) is 11.1. The van der Waals surface area contributed by atoms with Crippen LogP contribution < -0.4 is 4.90 Å². The van der Waals surface area contributed by atoms with E-state index < -0.39 is 0 Å². The molecule has 0 radical (unpaired) electrons. The normalized spacial score (nSPS) is 11.2. The van der Waals surface area contributed by atoms with Gasteiger partial charge in [0.2, 0.25) is 5.71 Å². The first-order chi connectivity index (χ1) is 22.2. The van der Waals surface area contributed by atoms with Crippen LogP contribution in [0.4, 0.5) is 17.2 Å². The first-order valence-electron chi connectivity index (χ1n) is 14.7.